The molecule has 0 spiro atoms. The molecule has 2 heterocycles. The van der Waals surface area contributed by atoms with Gasteiger partial charge in [0, 0.05) is 6.20 Å². The number of nitrogens with two attached hydrogens (primary N) is 1. The number of carboxylic acids is 1. The third-order valence-electron chi connectivity index (χ3n) is 3.67. The van der Waals surface area contributed by atoms with Crippen molar-refractivity contribution < 1.29 is 34.8 Å². The first-order valence-corrected chi connectivity index (χ1v) is 7.24. The van der Waals surface area contributed by atoms with Crippen LogP contribution in [0.25, 0.3) is 0 Å². The third kappa shape index (κ3) is 4.11. The molecule has 2 unspecified atom stereocenters. The quantitative estimate of drug-likeness (QED) is 0.285. The predicted octanol–water partition coefficient (Wildman–Crippen LogP) is -3.40. The number of aromatic nitrogens is 2. The molecule has 7 N–H and O–H groups in total. The first kappa shape index (κ1) is 18.8. The van der Waals surface area contributed by atoms with Crippen molar-refractivity contribution in [1.82, 2.24) is 9.55 Å². The van der Waals surface area contributed by atoms with Gasteiger partial charge in [-0.15, -0.1) is 0 Å². The van der Waals surface area contributed by atoms with Crippen LogP contribution in [-0.4, -0.2) is 72.8 Å². The molecule has 25 heavy (non-hydrogen) atoms. The number of aliphatic hydroxyl groups excluding tert-OH is 3. The molecule has 5 atom stereocenters. The van der Waals surface area contributed by atoms with Crippen LogP contribution in [0.5, 0.6) is 0 Å². The van der Waals surface area contributed by atoms with E-state index in [1.807, 2.05) is 0 Å². The molecule has 1 aromatic rings. The van der Waals surface area contributed by atoms with E-state index in [1.165, 1.54) is 12.3 Å². The Morgan fingerprint density at radius 2 is 2.08 bits per heavy atom. The standard InChI is InChI=1S/C13H18N4O8/c14-11(23)5(3-8(19)20)15-7-1-2-17(13(24)16-7)12-10(22)9(21)6(4-18)25-12/h1-2,5-6,9-10,12,18,21-22H,3-4H2,(H2,14,23)(H,19,20)(H,15,16,24)/t5-,6+,9?,10?,12+/m0/s1. The Hall–Kier alpha value is -2.54. The molecular formula is C13H18N4O8. The van der Waals surface area contributed by atoms with Gasteiger partial charge in [-0.3, -0.25) is 14.2 Å². The number of aliphatic hydroxyl groups is 3. The number of amides is 1. The van der Waals surface area contributed by atoms with Crippen LogP contribution >= 0.6 is 0 Å². The van der Waals surface area contributed by atoms with E-state index in [-0.39, 0.29) is 5.82 Å². The van der Waals surface area contributed by atoms with Gasteiger partial charge >= 0.3 is 11.7 Å². The van der Waals surface area contributed by atoms with E-state index in [1.54, 1.807) is 0 Å². The molecule has 0 aliphatic carbocycles. The Kier molecular flexibility index (Phi) is 5.69. The largest absolute Gasteiger partial charge is 0.481 e. The van der Waals surface area contributed by atoms with Crippen LogP contribution in [0.4, 0.5) is 5.82 Å². The minimum atomic E-state index is -1.46. The summed E-state index contributed by atoms with van der Waals surface area (Å²) in [5, 5.41) is 39.8. The maximum atomic E-state index is 12.1. The van der Waals surface area contributed by atoms with E-state index < -0.39 is 61.2 Å². The van der Waals surface area contributed by atoms with E-state index >= 15 is 0 Å². The van der Waals surface area contributed by atoms with Crippen molar-refractivity contribution in [3.8, 4) is 0 Å². The maximum Gasteiger partial charge on any atom is 0.351 e. The molecule has 12 heteroatoms. The second-order valence-electron chi connectivity index (χ2n) is 5.43. The average molecular weight is 358 g/mol. The van der Waals surface area contributed by atoms with Gasteiger partial charge < -0.3 is 36.2 Å². The molecule has 1 saturated heterocycles. The highest BCUT2D eigenvalue weighted by molar-refractivity contribution is 5.87. The Bertz CT molecular complexity index is 708. The zero-order valence-electron chi connectivity index (χ0n) is 12.8. The Labute approximate surface area is 140 Å². The molecule has 1 aromatic heterocycles. The number of carboxylic acid groups (broad SMARTS) is 1. The van der Waals surface area contributed by atoms with Gasteiger partial charge in [0.05, 0.1) is 13.0 Å². The summed E-state index contributed by atoms with van der Waals surface area (Å²) in [5.41, 5.74) is 4.19. The molecule has 1 fully saturated rings. The van der Waals surface area contributed by atoms with E-state index in [2.05, 4.69) is 10.3 Å². The van der Waals surface area contributed by atoms with Gasteiger partial charge in [0.25, 0.3) is 0 Å². The van der Waals surface area contributed by atoms with Crippen molar-refractivity contribution in [3.63, 3.8) is 0 Å². The van der Waals surface area contributed by atoms with Crippen LogP contribution < -0.4 is 16.7 Å². The molecule has 12 nitrogen and oxygen atoms in total. The lowest BCUT2D eigenvalue weighted by Gasteiger charge is -2.18. The van der Waals surface area contributed by atoms with Gasteiger partial charge in [-0.2, -0.15) is 4.98 Å². The summed E-state index contributed by atoms with van der Waals surface area (Å²) in [6, 6.07) is -0.0253. The summed E-state index contributed by atoms with van der Waals surface area (Å²) in [6.45, 7) is -0.550. The molecule has 0 aromatic carbocycles. The van der Waals surface area contributed by atoms with Crippen molar-refractivity contribution >= 4 is 17.7 Å². The third-order valence-corrected chi connectivity index (χ3v) is 3.67. The van der Waals surface area contributed by atoms with E-state index in [4.69, 9.17) is 20.7 Å². The highest BCUT2D eigenvalue weighted by Gasteiger charge is 2.43. The number of anilines is 1. The highest BCUT2D eigenvalue weighted by Crippen LogP contribution is 2.28. The zero-order valence-corrected chi connectivity index (χ0v) is 12.8. The van der Waals surface area contributed by atoms with Gasteiger partial charge in [0.2, 0.25) is 5.91 Å². The van der Waals surface area contributed by atoms with E-state index in [0.717, 1.165) is 4.57 Å². The SMILES string of the molecule is NC(=O)[C@H](CC(=O)O)Nc1ccn([C@@H]2O[C@H](CO)C(O)C2O)c(=O)n1. The number of carbonyl (C=O) groups excluding carboxylic acids is 1. The molecule has 0 saturated carbocycles. The number of aliphatic carboxylic acids is 1. The molecule has 1 amide bonds. The number of ether oxygens (including phenoxy) is 1. The molecule has 1 aliphatic rings. The monoisotopic (exact) mass is 358 g/mol. The summed E-state index contributed by atoms with van der Waals surface area (Å²) in [6.07, 6.45) is -4.58. The lowest BCUT2D eigenvalue weighted by Crippen LogP contribution is -2.39. The maximum absolute atomic E-state index is 12.1. The van der Waals surface area contributed by atoms with E-state index in [9.17, 15) is 24.6 Å². The minimum absolute atomic E-state index is 0.0990. The molecule has 0 bridgehead atoms. The fourth-order valence-corrected chi connectivity index (χ4v) is 2.37. The number of hydrogen-bond donors (Lipinski definition) is 6. The summed E-state index contributed by atoms with van der Waals surface area (Å²) in [7, 11) is 0. The Morgan fingerprint density at radius 3 is 2.56 bits per heavy atom. The Morgan fingerprint density at radius 1 is 1.40 bits per heavy atom. The van der Waals surface area contributed by atoms with E-state index in [0.29, 0.717) is 0 Å². The van der Waals surface area contributed by atoms with Crippen LogP contribution in [0.2, 0.25) is 0 Å². The molecule has 2 rings (SSSR count). The van der Waals surface area contributed by atoms with Gasteiger partial charge in [0.15, 0.2) is 6.23 Å². The lowest BCUT2D eigenvalue weighted by atomic mass is 10.1. The first-order chi connectivity index (χ1) is 11.7. The van der Waals surface area contributed by atoms with Crippen molar-refractivity contribution in [1.29, 1.82) is 0 Å². The van der Waals surface area contributed by atoms with Crippen molar-refractivity contribution in [2.24, 2.45) is 5.73 Å². The second-order valence-corrected chi connectivity index (χ2v) is 5.43. The first-order valence-electron chi connectivity index (χ1n) is 7.24. The highest BCUT2D eigenvalue weighted by atomic mass is 16.6. The van der Waals surface area contributed by atoms with Crippen LogP contribution in [-0.2, 0) is 14.3 Å². The van der Waals surface area contributed by atoms with Crippen molar-refractivity contribution in [2.75, 3.05) is 11.9 Å². The number of primary amides is 1. The topological polar surface area (TPSA) is 197 Å². The van der Waals surface area contributed by atoms with Crippen molar-refractivity contribution in [2.45, 2.75) is 37.0 Å². The summed E-state index contributed by atoms with van der Waals surface area (Å²) in [5.74, 6) is -2.30. The average Bonchev–Trinajstić information content (AvgIpc) is 2.82. The summed E-state index contributed by atoms with van der Waals surface area (Å²) < 4.78 is 6.11. The minimum Gasteiger partial charge on any atom is -0.481 e. The number of carbonyl (C=O) groups is 2. The van der Waals surface area contributed by atoms with Crippen LogP contribution in [0, 0.1) is 0 Å². The zero-order chi connectivity index (χ0) is 18.7. The van der Waals surface area contributed by atoms with Crippen LogP contribution in [0.15, 0.2) is 17.1 Å². The molecule has 138 valence electrons. The second kappa shape index (κ2) is 7.57. The van der Waals surface area contributed by atoms with Crippen LogP contribution in [0.1, 0.15) is 12.6 Å². The van der Waals surface area contributed by atoms with Gasteiger partial charge in [-0.05, 0) is 6.07 Å². The van der Waals surface area contributed by atoms with Gasteiger partial charge in [0.1, 0.15) is 30.2 Å². The van der Waals surface area contributed by atoms with Crippen molar-refractivity contribution in [3.05, 3.63) is 22.7 Å². The predicted molar refractivity (Wildman–Crippen MR) is 80.4 cm³/mol. The Balaban J connectivity index is 2.19. The van der Waals surface area contributed by atoms with Gasteiger partial charge in [-0.25, -0.2) is 4.79 Å². The summed E-state index contributed by atoms with van der Waals surface area (Å²) >= 11 is 0. The number of hydrogen-bond acceptors (Lipinski definition) is 9. The summed E-state index contributed by atoms with van der Waals surface area (Å²) in [4.78, 5) is 37.6. The number of nitrogens with zero attached hydrogens (tertiary/aromatic N) is 2. The fourth-order valence-electron chi connectivity index (χ4n) is 2.37. The molecule has 0 radical (unpaired) electrons. The van der Waals surface area contributed by atoms with Gasteiger partial charge in [-0.1, -0.05) is 0 Å². The number of rotatable bonds is 7. The lowest BCUT2D eigenvalue weighted by molar-refractivity contribution is -0.138. The molecule has 1 aliphatic heterocycles. The number of nitrogens with one attached hydrogen (secondary N) is 1. The smallest absolute Gasteiger partial charge is 0.351 e. The van der Waals surface area contributed by atoms with Crippen LogP contribution in [0.3, 0.4) is 0 Å². The molecular weight excluding hydrogens is 340 g/mol. The fraction of sp³-hybridized carbons (Fsp3) is 0.538. The normalized spacial score (nSPS) is 27.0.